The summed E-state index contributed by atoms with van der Waals surface area (Å²) in [6, 6.07) is -0.458. The highest BCUT2D eigenvalue weighted by molar-refractivity contribution is 6.35. The zero-order valence-electron chi connectivity index (χ0n) is 26.7. The minimum Gasteiger partial charge on any atom is -0.871 e. The van der Waals surface area contributed by atoms with E-state index in [1.165, 1.54) is 13.2 Å². The number of carboxylic acid groups (broad SMARTS) is 1. The molecule has 11 heteroatoms. The molecule has 0 radical (unpaired) electrons. The monoisotopic (exact) mass is 624 g/mol. The van der Waals surface area contributed by atoms with Gasteiger partial charge in [0.15, 0.2) is 6.29 Å². The second-order valence-electron chi connectivity index (χ2n) is 11.8. The van der Waals surface area contributed by atoms with Crippen molar-refractivity contribution < 1.29 is 34.1 Å². The molecule has 0 saturated carbocycles. The number of aromatic amines is 2. The predicted molar refractivity (Wildman–Crippen MR) is 168 cm³/mol. The normalized spacial score (nSPS) is 22.1. The zero-order valence-corrected chi connectivity index (χ0v) is 26.7. The summed E-state index contributed by atoms with van der Waals surface area (Å²) >= 11 is 0. The number of nitrogens with one attached hydrogen (secondary N) is 3. The van der Waals surface area contributed by atoms with E-state index in [0.29, 0.717) is 50.9 Å². The van der Waals surface area contributed by atoms with Crippen molar-refractivity contribution in [1.82, 2.24) is 15.3 Å². The molecule has 2 aliphatic heterocycles. The largest absolute Gasteiger partial charge is 0.871 e. The standard InChI is InChI=1S/C35H38N4O7/c1-8-19-15(3)26(14-40)36-25(19)13-24-18(6)28-32(38-24)29(30(33(28)43)35(45)46-7)31-21(10-11-27(41)42)17(5)22(37-31)12-23-16(4)20(9-2)34(44)39-23/h9,12-14,17,21,23,36,38,43H,2,8,10-11H2,1,3-7H3,(H,39,44)(H,41,42)/p-2/b22-12-,24-13-/t17-,21-,23?/m0/s1. The number of nitrogens with zero attached hydrogens (tertiary/aromatic N) is 1. The van der Waals surface area contributed by atoms with Gasteiger partial charge >= 0.3 is 5.97 Å². The maximum Gasteiger partial charge on any atom is 0.338 e. The molecule has 0 saturated heterocycles. The van der Waals surface area contributed by atoms with Gasteiger partial charge in [-0.1, -0.05) is 32.3 Å². The number of fused-ring (bicyclic) bond motifs is 1. The number of hydrogen-bond donors (Lipinski definition) is 3. The maximum absolute atomic E-state index is 14.0. The van der Waals surface area contributed by atoms with Crippen LogP contribution < -0.4 is 26.2 Å². The first-order valence-corrected chi connectivity index (χ1v) is 15.1. The first-order valence-electron chi connectivity index (χ1n) is 15.1. The van der Waals surface area contributed by atoms with Crippen LogP contribution in [0.1, 0.15) is 72.0 Å². The van der Waals surface area contributed by atoms with Gasteiger partial charge in [-0.2, -0.15) is 0 Å². The number of aliphatic imine (C=N–C) groups is 1. The molecule has 1 unspecified atom stereocenters. The van der Waals surface area contributed by atoms with E-state index in [-0.39, 0.29) is 35.8 Å². The van der Waals surface area contributed by atoms with Crippen LogP contribution in [0.5, 0.6) is 0 Å². The van der Waals surface area contributed by atoms with Crippen LogP contribution in [-0.2, 0) is 25.5 Å². The quantitative estimate of drug-likeness (QED) is 0.257. The Morgan fingerprint density at radius 2 is 1.85 bits per heavy atom. The van der Waals surface area contributed by atoms with Gasteiger partial charge in [0, 0.05) is 45.7 Å². The molecule has 1 aliphatic carbocycles. The Labute approximate surface area is 265 Å². The molecule has 0 spiro atoms. The summed E-state index contributed by atoms with van der Waals surface area (Å²) in [5, 5.41) is 29.4. The molecular weight excluding hydrogens is 588 g/mol. The second kappa shape index (κ2) is 12.3. The maximum atomic E-state index is 14.0. The van der Waals surface area contributed by atoms with Crippen LogP contribution in [0.2, 0.25) is 0 Å². The smallest absolute Gasteiger partial charge is 0.338 e. The van der Waals surface area contributed by atoms with Gasteiger partial charge in [0.2, 0.25) is 0 Å². The van der Waals surface area contributed by atoms with Crippen LogP contribution >= 0.6 is 0 Å². The average molecular weight is 625 g/mol. The van der Waals surface area contributed by atoms with Gasteiger partial charge in [0.1, 0.15) is 0 Å². The predicted octanol–water partition coefficient (Wildman–Crippen LogP) is 0.694. The number of aldehydes is 1. The number of aliphatic carboxylic acids is 1. The Hall–Kier alpha value is -5.19. The highest BCUT2D eigenvalue weighted by Gasteiger charge is 2.40. The SMILES string of the molecule is C=CC1=C(C)C(/C=C2\N=C(C3=c4[nH]/c(=C\c5[nH]c(C=O)c(C)c5CC)c(C)c4C([O-])=C3C(=O)OC)[C@@H](CCC(=O)[O-])[C@@H]2C)NC1=O. The molecule has 46 heavy (non-hydrogen) atoms. The van der Waals surface area contributed by atoms with E-state index in [1.54, 1.807) is 6.92 Å². The molecule has 0 fully saturated rings. The fraction of sp³-hybridized carbons (Fsp3) is 0.343. The summed E-state index contributed by atoms with van der Waals surface area (Å²) in [5.74, 6) is -3.67. The van der Waals surface area contributed by atoms with E-state index in [1.807, 2.05) is 39.8 Å². The van der Waals surface area contributed by atoms with E-state index in [2.05, 4.69) is 21.9 Å². The van der Waals surface area contributed by atoms with Gasteiger partial charge in [-0.05, 0) is 80.0 Å². The Balaban J connectivity index is 1.76. The molecule has 2 aromatic rings. The van der Waals surface area contributed by atoms with Gasteiger partial charge in [0.05, 0.1) is 35.5 Å². The minimum absolute atomic E-state index is 0.139. The van der Waals surface area contributed by atoms with Gasteiger partial charge in [0.25, 0.3) is 5.91 Å². The molecule has 0 bridgehead atoms. The third-order valence-electron chi connectivity index (χ3n) is 9.39. The lowest BCUT2D eigenvalue weighted by molar-refractivity contribution is -0.305. The van der Waals surface area contributed by atoms with E-state index in [0.717, 1.165) is 28.7 Å². The number of aromatic nitrogens is 2. The summed E-state index contributed by atoms with van der Waals surface area (Å²) in [6.45, 7) is 13.1. The second-order valence-corrected chi connectivity index (χ2v) is 11.8. The van der Waals surface area contributed by atoms with Crippen LogP contribution in [0.25, 0.3) is 17.4 Å². The number of carboxylic acids is 1. The Morgan fingerprint density at radius 1 is 1.13 bits per heavy atom. The highest BCUT2D eigenvalue weighted by atomic mass is 16.5. The van der Waals surface area contributed by atoms with Crippen LogP contribution in [0, 0.1) is 25.7 Å². The summed E-state index contributed by atoms with van der Waals surface area (Å²) < 4.78 is 5.05. The lowest BCUT2D eigenvalue weighted by Crippen LogP contribution is -2.29. The van der Waals surface area contributed by atoms with Crippen molar-refractivity contribution in [1.29, 1.82) is 0 Å². The summed E-state index contributed by atoms with van der Waals surface area (Å²) in [5.41, 5.74) is 6.17. The first-order chi connectivity index (χ1) is 21.9. The number of carbonyl (C=O) groups is 4. The van der Waals surface area contributed by atoms with Gasteiger partial charge in [-0.25, -0.2) is 4.79 Å². The Bertz CT molecular complexity index is 1960. The van der Waals surface area contributed by atoms with Crippen molar-refractivity contribution in [3.63, 3.8) is 0 Å². The fourth-order valence-electron chi connectivity index (χ4n) is 6.79. The van der Waals surface area contributed by atoms with Crippen LogP contribution in [0.4, 0.5) is 0 Å². The molecule has 3 N–H and O–H groups in total. The van der Waals surface area contributed by atoms with Crippen LogP contribution in [0.15, 0.2) is 46.1 Å². The number of carbonyl (C=O) groups excluding carboxylic acids is 4. The zero-order chi connectivity index (χ0) is 33.6. The number of H-pyrrole nitrogens is 2. The molecule has 0 aromatic carbocycles. The van der Waals surface area contributed by atoms with Gasteiger partial charge in [-0.15, -0.1) is 0 Å². The fourth-order valence-corrected chi connectivity index (χ4v) is 6.79. The molecule has 2 aromatic heterocycles. The third kappa shape index (κ3) is 5.15. The molecule has 5 rings (SSSR count). The molecule has 4 heterocycles. The number of allylic oxidation sites excluding steroid dienone is 1. The molecule has 240 valence electrons. The molecular formula is C35H36N4O7-2. The van der Waals surface area contributed by atoms with Crippen LogP contribution in [-0.4, -0.2) is 53.0 Å². The molecule has 3 aliphatic rings. The van der Waals surface area contributed by atoms with Crippen molar-refractivity contribution in [2.45, 2.75) is 59.9 Å². The summed E-state index contributed by atoms with van der Waals surface area (Å²) in [6.07, 6.45) is 6.46. The van der Waals surface area contributed by atoms with E-state index in [9.17, 15) is 29.4 Å². The molecule has 3 atom stereocenters. The van der Waals surface area contributed by atoms with Crippen molar-refractivity contribution in [3.05, 3.63) is 85.5 Å². The van der Waals surface area contributed by atoms with Crippen molar-refractivity contribution in [2.75, 3.05) is 7.11 Å². The van der Waals surface area contributed by atoms with Crippen molar-refractivity contribution in [2.24, 2.45) is 16.8 Å². The Kier molecular flexibility index (Phi) is 8.62. The highest BCUT2D eigenvalue weighted by Crippen LogP contribution is 2.41. The number of methoxy groups -OCH3 is 1. The molecule has 1 amide bonds. The van der Waals surface area contributed by atoms with Gasteiger partial charge < -0.3 is 35.0 Å². The number of esters is 1. The lowest BCUT2D eigenvalue weighted by atomic mass is 9.82. The van der Waals surface area contributed by atoms with E-state index in [4.69, 9.17) is 9.73 Å². The first kappa shape index (κ1) is 32.2. The van der Waals surface area contributed by atoms with Crippen molar-refractivity contribution >= 4 is 47.3 Å². The van der Waals surface area contributed by atoms with Crippen LogP contribution in [0.3, 0.4) is 0 Å². The van der Waals surface area contributed by atoms with Gasteiger partial charge in [-0.3, -0.25) is 14.6 Å². The number of amides is 1. The minimum atomic E-state index is -1.23. The number of ether oxygens (including phenoxy) is 1. The molecule has 11 nitrogen and oxygen atoms in total. The Morgan fingerprint density at radius 3 is 2.43 bits per heavy atom. The van der Waals surface area contributed by atoms with Crippen molar-refractivity contribution in [3.8, 4) is 0 Å². The van der Waals surface area contributed by atoms with E-state index >= 15 is 0 Å². The topological polar surface area (TPSA) is 180 Å². The average Bonchev–Trinajstić information content (AvgIpc) is 3.76. The number of hydrogen-bond acceptors (Lipinski definition) is 8. The summed E-state index contributed by atoms with van der Waals surface area (Å²) in [4.78, 5) is 60.3. The summed E-state index contributed by atoms with van der Waals surface area (Å²) in [7, 11) is 1.19. The number of rotatable bonds is 10. The third-order valence-corrected chi connectivity index (χ3v) is 9.39. The van der Waals surface area contributed by atoms with E-state index < -0.39 is 29.7 Å². The lowest BCUT2D eigenvalue weighted by Gasteiger charge is -2.21.